The molecule has 0 bridgehead atoms. The van der Waals surface area contributed by atoms with Gasteiger partial charge in [0.15, 0.2) is 0 Å². The minimum atomic E-state index is -1.10. The molecule has 0 aromatic rings. The van der Waals surface area contributed by atoms with E-state index in [1.807, 2.05) is 0 Å². The van der Waals surface area contributed by atoms with Crippen LogP contribution >= 0.6 is 0 Å². The van der Waals surface area contributed by atoms with Crippen LogP contribution in [0.25, 0.3) is 0 Å². The van der Waals surface area contributed by atoms with Crippen LogP contribution in [-0.4, -0.2) is 22.2 Å². The summed E-state index contributed by atoms with van der Waals surface area (Å²) >= 11 is 0. The molecule has 0 radical (unpaired) electrons. The smallest absolute Gasteiger partial charge is 0.307 e. The van der Waals surface area contributed by atoms with Gasteiger partial charge in [-0.3, -0.25) is 9.59 Å². The second-order valence-corrected chi connectivity index (χ2v) is 2.16. The van der Waals surface area contributed by atoms with Crippen molar-refractivity contribution in [1.82, 2.24) is 0 Å². The lowest BCUT2D eigenvalue weighted by Gasteiger charge is -2.04. The van der Waals surface area contributed by atoms with E-state index in [9.17, 15) is 9.59 Å². The van der Waals surface area contributed by atoms with Crippen LogP contribution in [0.5, 0.6) is 0 Å². The van der Waals surface area contributed by atoms with E-state index in [2.05, 4.69) is 6.58 Å². The third-order valence-corrected chi connectivity index (χ3v) is 1.22. The third-order valence-electron chi connectivity index (χ3n) is 1.22. The molecule has 4 heteroatoms. The van der Waals surface area contributed by atoms with E-state index >= 15 is 0 Å². The van der Waals surface area contributed by atoms with E-state index < -0.39 is 17.9 Å². The Bertz CT molecular complexity index is 173. The van der Waals surface area contributed by atoms with Crippen LogP contribution in [0.1, 0.15) is 12.8 Å². The zero-order chi connectivity index (χ0) is 8.85. The number of rotatable bonds is 5. The highest BCUT2D eigenvalue weighted by atomic mass is 16.4. The maximum absolute atomic E-state index is 10.3. The normalized spacial score (nSPS) is 12.0. The highest BCUT2D eigenvalue weighted by Crippen LogP contribution is 2.08. The zero-order valence-corrected chi connectivity index (χ0v) is 5.99. The van der Waals surface area contributed by atoms with Crippen molar-refractivity contribution in [2.24, 2.45) is 5.92 Å². The van der Waals surface area contributed by atoms with Gasteiger partial charge in [0.25, 0.3) is 0 Å². The lowest BCUT2D eigenvalue weighted by Crippen LogP contribution is -2.16. The molecule has 2 N–H and O–H groups in total. The van der Waals surface area contributed by atoms with Gasteiger partial charge in [-0.1, -0.05) is 6.08 Å². The van der Waals surface area contributed by atoms with Crippen molar-refractivity contribution in [2.45, 2.75) is 12.8 Å². The summed E-state index contributed by atoms with van der Waals surface area (Å²) in [6.07, 6.45) is 1.25. The molecule has 62 valence electrons. The average molecular weight is 158 g/mol. The number of allylic oxidation sites excluding steroid dienone is 1. The largest absolute Gasteiger partial charge is 0.481 e. The third kappa shape index (κ3) is 4.13. The number of hydrogen-bond acceptors (Lipinski definition) is 2. The van der Waals surface area contributed by atoms with Crippen molar-refractivity contribution in [3.8, 4) is 0 Å². The van der Waals surface area contributed by atoms with Crippen molar-refractivity contribution in [2.75, 3.05) is 0 Å². The Kier molecular flexibility index (Phi) is 3.95. The Hall–Kier alpha value is -1.32. The lowest BCUT2D eigenvalue weighted by molar-refractivity contribution is -0.148. The van der Waals surface area contributed by atoms with E-state index in [1.54, 1.807) is 0 Å². The predicted molar refractivity (Wildman–Crippen MR) is 38.2 cm³/mol. The Balaban J connectivity index is 3.99. The molecule has 0 aromatic carbocycles. The zero-order valence-electron chi connectivity index (χ0n) is 5.99. The number of aliphatic carboxylic acids is 2. The molecular formula is C7H10O4. The van der Waals surface area contributed by atoms with Gasteiger partial charge in [0.1, 0.15) is 0 Å². The van der Waals surface area contributed by atoms with Crippen molar-refractivity contribution >= 4 is 11.9 Å². The Morgan fingerprint density at radius 1 is 1.45 bits per heavy atom. The highest BCUT2D eigenvalue weighted by molar-refractivity contribution is 5.77. The Morgan fingerprint density at radius 3 is 2.27 bits per heavy atom. The van der Waals surface area contributed by atoms with Crippen molar-refractivity contribution in [3.63, 3.8) is 0 Å². The second kappa shape index (κ2) is 4.49. The second-order valence-electron chi connectivity index (χ2n) is 2.16. The SMILES string of the molecule is C=CCC(CC(=O)O)C(=O)O. The van der Waals surface area contributed by atoms with Crippen LogP contribution in [0.15, 0.2) is 12.7 Å². The molecule has 0 saturated carbocycles. The standard InChI is InChI=1S/C7H10O4/c1-2-3-5(7(10)11)4-6(8)9/h2,5H,1,3-4H2,(H,8,9)(H,10,11). The lowest BCUT2D eigenvalue weighted by atomic mass is 10.0. The van der Waals surface area contributed by atoms with E-state index in [0.29, 0.717) is 0 Å². The summed E-state index contributed by atoms with van der Waals surface area (Å²) in [5, 5.41) is 16.7. The predicted octanol–water partition coefficient (Wildman–Crippen LogP) is 0.738. The average Bonchev–Trinajstić information content (AvgIpc) is 1.86. The van der Waals surface area contributed by atoms with Gasteiger partial charge < -0.3 is 10.2 Å². The van der Waals surface area contributed by atoms with E-state index in [-0.39, 0.29) is 12.8 Å². The fourth-order valence-corrected chi connectivity index (χ4v) is 0.683. The maximum atomic E-state index is 10.3. The highest BCUT2D eigenvalue weighted by Gasteiger charge is 2.18. The van der Waals surface area contributed by atoms with Crippen LogP contribution < -0.4 is 0 Å². The topological polar surface area (TPSA) is 74.6 Å². The number of hydrogen-bond donors (Lipinski definition) is 2. The Morgan fingerprint density at radius 2 is 2.00 bits per heavy atom. The van der Waals surface area contributed by atoms with Gasteiger partial charge in [-0.15, -0.1) is 6.58 Å². The van der Waals surface area contributed by atoms with Crippen LogP contribution in [-0.2, 0) is 9.59 Å². The van der Waals surface area contributed by atoms with Crippen molar-refractivity contribution in [1.29, 1.82) is 0 Å². The molecule has 0 aliphatic carbocycles. The first-order valence-corrected chi connectivity index (χ1v) is 3.13. The van der Waals surface area contributed by atoms with Crippen molar-refractivity contribution < 1.29 is 19.8 Å². The molecule has 0 amide bonds. The van der Waals surface area contributed by atoms with E-state index in [0.717, 1.165) is 0 Å². The summed E-state index contributed by atoms with van der Waals surface area (Å²) in [7, 11) is 0. The molecule has 0 heterocycles. The minimum absolute atomic E-state index is 0.196. The molecule has 0 fully saturated rings. The van der Waals surface area contributed by atoms with Gasteiger partial charge in [-0.05, 0) is 6.42 Å². The first-order chi connectivity index (χ1) is 5.07. The molecule has 1 atom stereocenters. The first kappa shape index (κ1) is 9.68. The number of carbonyl (C=O) groups is 2. The van der Waals surface area contributed by atoms with Gasteiger partial charge in [-0.2, -0.15) is 0 Å². The summed E-state index contributed by atoms with van der Waals surface area (Å²) in [5.74, 6) is -3.03. The summed E-state index contributed by atoms with van der Waals surface area (Å²) in [6.45, 7) is 3.33. The minimum Gasteiger partial charge on any atom is -0.481 e. The number of carboxylic acid groups (broad SMARTS) is 2. The number of carboxylic acids is 2. The molecule has 11 heavy (non-hydrogen) atoms. The molecule has 0 aromatic heterocycles. The summed E-state index contributed by atoms with van der Waals surface area (Å²) in [5.41, 5.74) is 0. The Labute approximate surface area is 64.2 Å². The molecule has 0 aliphatic heterocycles. The van der Waals surface area contributed by atoms with Crippen LogP contribution in [0.3, 0.4) is 0 Å². The fourth-order valence-electron chi connectivity index (χ4n) is 0.683. The van der Waals surface area contributed by atoms with Gasteiger partial charge in [0.05, 0.1) is 12.3 Å². The van der Waals surface area contributed by atoms with Gasteiger partial charge >= 0.3 is 11.9 Å². The van der Waals surface area contributed by atoms with Gasteiger partial charge in [-0.25, -0.2) is 0 Å². The first-order valence-electron chi connectivity index (χ1n) is 3.13. The summed E-state index contributed by atoms with van der Waals surface area (Å²) < 4.78 is 0. The fraction of sp³-hybridized carbons (Fsp3) is 0.429. The monoisotopic (exact) mass is 158 g/mol. The molecular weight excluding hydrogens is 148 g/mol. The summed E-state index contributed by atoms with van der Waals surface area (Å²) in [6, 6.07) is 0. The van der Waals surface area contributed by atoms with Crippen LogP contribution in [0, 0.1) is 5.92 Å². The van der Waals surface area contributed by atoms with Crippen molar-refractivity contribution in [3.05, 3.63) is 12.7 Å². The quantitative estimate of drug-likeness (QED) is 0.578. The molecule has 0 rings (SSSR count). The molecule has 0 aliphatic rings. The molecule has 0 saturated heterocycles. The molecule has 4 nitrogen and oxygen atoms in total. The van der Waals surface area contributed by atoms with Crippen LogP contribution in [0.4, 0.5) is 0 Å². The van der Waals surface area contributed by atoms with Gasteiger partial charge in [0, 0.05) is 0 Å². The molecule has 1 unspecified atom stereocenters. The van der Waals surface area contributed by atoms with Crippen LogP contribution in [0.2, 0.25) is 0 Å². The maximum Gasteiger partial charge on any atom is 0.307 e. The molecule has 0 spiro atoms. The van der Waals surface area contributed by atoms with Gasteiger partial charge in [0.2, 0.25) is 0 Å². The van der Waals surface area contributed by atoms with E-state index in [1.165, 1.54) is 6.08 Å². The van der Waals surface area contributed by atoms with E-state index in [4.69, 9.17) is 10.2 Å². The summed E-state index contributed by atoms with van der Waals surface area (Å²) in [4.78, 5) is 20.4.